The van der Waals surface area contributed by atoms with Crippen molar-refractivity contribution < 1.29 is 19.1 Å². The van der Waals surface area contributed by atoms with Gasteiger partial charge in [-0.1, -0.05) is 26.3 Å². The Morgan fingerprint density at radius 2 is 2.03 bits per heavy atom. The maximum atomic E-state index is 12.7. The smallest absolute Gasteiger partial charge is 0.341 e. The van der Waals surface area contributed by atoms with Crippen LogP contribution in [0.15, 0.2) is 29.2 Å². The Morgan fingerprint density at radius 3 is 2.78 bits per heavy atom. The Hall–Kier alpha value is -2.32. The van der Waals surface area contributed by atoms with Crippen LogP contribution in [0, 0.1) is 5.92 Å². The van der Waals surface area contributed by atoms with Crippen LogP contribution in [-0.4, -0.2) is 30.6 Å². The first-order chi connectivity index (χ1) is 15.4. The van der Waals surface area contributed by atoms with Crippen molar-refractivity contribution in [3.8, 4) is 0 Å². The molecule has 0 fully saturated rings. The molecule has 2 N–H and O–H groups in total. The number of ether oxygens (including phenoxy) is 1. The van der Waals surface area contributed by atoms with Crippen LogP contribution in [0.5, 0.6) is 0 Å². The van der Waals surface area contributed by atoms with E-state index in [9.17, 15) is 14.4 Å². The second kappa shape index (κ2) is 11.5. The lowest BCUT2D eigenvalue weighted by Gasteiger charge is -2.18. The summed E-state index contributed by atoms with van der Waals surface area (Å²) in [4.78, 5) is 39.1. The molecule has 1 unspecified atom stereocenters. The van der Waals surface area contributed by atoms with Crippen LogP contribution < -0.4 is 10.6 Å². The fraction of sp³-hybridized carbons (Fsp3) is 0.458. The maximum absolute atomic E-state index is 12.7. The largest absolute Gasteiger partial charge is 0.465 e. The van der Waals surface area contributed by atoms with Gasteiger partial charge in [0.15, 0.2) is 0 Å². The molecule has 0 bridgehead atoms. The molecule has 8 heteroatoms. The second-order valence-electron chi connectivity index (χ2n) is 8.06. The van der Waals surface area contributed by atoms with E-state index in [-0.39, 0.29) is 17.6 Å². The van der Waals surface area contributed by atoms with E-state index in [1.165, 1.54) is 35.1 Å². The lowest BCUT2D eigenvalue weighted by Crippen LogP contribution is -2.17. The molecule has 2 aromatic rings. The minimum Gasteiger partial charge on any atom is -0.465 e. The molecule has 1 aromatic heterocycles. The molecule has 1 aliphatic carbocycles. The van der Waals surface area contributed by atoms with Crippen LogP contribution >= 0.6 is 23.1 Å². The van der Waals surface area contributed by atoms with Gasteiger partial charge < -0.3 is 15.4 Å². The van der Waals surface area contributed by atoms with Crippen LogP contribution in [0.4, 0.5) is 10.7 Å². The number of rotatable bonds is 9. The van der Waals surface area contributed by atoms with Gasteiger partial charge in [-0.25, -0.2) is 4.79 Å². The number of unbranched alkanes of at least 4 members (excludes halogenated alkanes) is 1. The Labute approximate surface area is 197 Å². The van der Waals surface area contributed by atoms with Crippen LogP contribution in [0.2, 0.25) is 0 Å². The summed E-state index contributed by atoms with van der Waals surface area (Å²) < 4.78 is 4.99. The Balaban J connectivity index is 1.63. The monoisotopic (exact) mass is 474 g/mol. The van der Waals surface area contributed by atoms with Crippen molar-refractivity contribution in [3.63, 3.8) is 0 Å². The molecule has 2 amide bonds. The predicted octanol–water partition coefficient (Wildman–Crippen LogP) is 5.52. The normalized spacial score (nSPS) is 15.0. The fourth-order valence-corrected chi connectivity index (χ4v) is 5.86. The molecule has 1 aliphatic rings. The molecule has 6 nitrogen and oxygen atoms in total. The van der Waals surface area contributed by atoms with Gasteiger partial charge in [0.1, 0.15) is 5.00 Å². The summed E-state index contributed by atoms with van der Waals surface area (Å²) in [6.45, 7) is 4.26. The summed E-state index contributed by atoms with van der Waals surface area (Å²) in [6, 6.07) is 7.48. The van der Waals surface area contributed by atoms with Gasteiger partial charge >= 0.3 is 5.97 Å². The fourth-order valence-electron chi connectivity index (χ4n) is 3.69. The number of hydrogen-bond acceptors (Lipinski definition) is 6. The van der Waals surface area contributed by atoms with E-state index in [1.54, 1.807) is 0 Å². The average Bonchev–Trinajstić information content (AvgIpc) is 3.12. The lowest BCUT2D eigenvalue weighted by molar-refractivity contribution is -0.116. The highest BCUT2D eigenvalue weighted by molar-refractivity contribution is 8.00. The van der Waals surface area contributed by atoms with Crippen LogP contribution in [0.1, 0.15) is 60.3 Å². The third-order valence-corrected chi connectivity index (χ3v) is 7.56. The van der Waals surface area contributed by atoms with Crippen molar-refractivity contribution >= 4 is 51.6 Å². The highest BCUT2D eigenvalue weighted by Gasteiger charge is 2.28. The number of thiophene rings is 1. The van der Waals surface area contributed by atoms with Gasteiger partial charge in [-0.05, 0) is 55.4 Å². The SMILES string of the molecule is CCCCC(=O)Nc1cccc(SCC(=O)Nc2sc3c(c2C(=O)OC)CCC(C)C3)c1. The van der Waals surface area contributed by atoms with Crippen molar-refractivity contribution in [1.29, 1.82) is 0 Å². The highest BCUT2D eigenvalue weighted by Crippen LogP contribution is 2.40. The zero-order valence-electron chi connectivity index (χ0n) is 18.8. The minimum absolute atomic E-state index is 0.00179. The van der Waals surface area contributed by atoms with Crippen LogP contribution in [0.25, 0.3) is 0 Å². The molecule has 1 heterocycles. The molecule has 1 atom stereocenters. The predicted molar refractivity (Wildman–Crippen MR) is 131 cm³/mol. The van der Waals surface area contributed by atoms with Crippen molar-refractivity contribution in [3.05, 3.63) is 40.3 Å². The zero-order chi connectivity index (χ0) is 23.1. The molecule has 0 aliphatic heterocycles. The lowest BCUT2D eigenvalue weighted by atomic mass is 9.88. The first-order valence-corrected chi connectivity index (χ1v) is 12.8. The average molecular weight is 475 g/mol. The first kappa shape index (κ1) is 24.3. The summed E-state index contributed by atoms with van der Waals surface area (Å²) in [5, 5.41) is 6.41. The van der Waals surface area contributed by atoms with Crippen LogP contribution in [0.3, 0.4) is 0 Å². The summed E-state index contributed by atoms with van der Waals surface area (Å²) in [6.07, 6.45) is 5.12. The summed E-state index contributed by atoms with van der Waals surface area (Å²) in [5.41, 5.74) is 2.26. The molecule has 0 saturated heterocycles. The van der Waals surface area contributed by atoms with E-state index in [1.807, 2.05) is 24.3 Å². The molecular formula is C24H30N2O4S2. The van der Waals surface area contributed by atoms with E-state index in [0.29, 0.717) is 22.9 Å². The molecule has 172 valence electrons. The maximum Gasteiger partial charge on any atom is 0.341 e. The van der Waals surface area contributed by atoms with Gasteiger partial charge in [0.05, 0.1) is 18.4 Å². The molecule has 0 saturated carbocycles. The number of carbonyl (C=O) groups is 3. The second-order valence-corrected chi connectivity index (χ2v) is 10.2. The first-order valence-electron chi connectivity index (χ1n) is 11.0. The number of esters is 1. The molecule has 3 rings (SSSR count). The Bertz CT molecular complexity index is 986. The number of benzene rings is 1. The minimum atomic E-state index is -0.397. The third-order valence-electron chi connectivity index (χ3n) is 5.40. The van der Waals surface area contributed by atoms with E-state index in [0.717, 1.165) is 48.3 Å². The molecule has 0 radical (unpaired) electrons. The number of nitrogens with one attached hydrogen (secondary N) is 2. The van der Waals surface area contributed by atoms with Crippen molar-refractivity contribution in [1.82, 2.24) is 0 Å². The van der Waals surface area contributed by atoms with Gasteiger partial charge in [-0.15, -0.1) is 23.1 Å². The van der Waals surface area contributed by atoms with Crippen molar-refractivity contribution in [2.75, 3.05) is 23.5 Å². The van der Waals surface area contributed by atoms with Gasteiger partial charge in [0.25, 0.3) is 0 Å². The number of methoxy groups -OCH3 is 1. The third kappa shape index (κ3) is 6.36. The number of fused-ring (bicyclic) bond motifs is 1. The summed E-state index contributed by atoms with van der Waals surface area (Å²) in [5.74, 6) is 0.196. The van der Waals surface area contributed by atoms with Gasteiger partial charge in [0, 0.05) is 21.9 Å². The van der Waals surface area contributed by atoms with Crippen molar-refractivity contribution in [2.45, 2.75) is 57.3 Å². The molecule has 32 heavy (non-hydrogen) atoms. The molecule has 1 aromatic carbocycles. The standard InChI is InChI=1S/C24H30N2O4S2/c1-4-5-9-20(27)25-16-7-6-8-17(13-16)31-14-21(28)26-23-22(24(29)30-3)18-11-10-15(2)12-19(18)32-23/h6-8,13,15H,4-5,9-12,14H2,1-3H3,(H,25,27)(H,26,28). The van der Waals surface area contributed by atoms with Gasteiger partial charge in [-0.3, -0.25) is 9.59 Å². The van der Waals surface area contributed by atoms with Gasteiger partial charge in [-0.2, -0.15) is 0 Å². The van der Waals surface area contributed by atoms with Gasteiger partial charge in [0.2, 0.25) is 11.8 Å². The Morgan fingerprint density at radius 1 is 1.22 bits per heavy atom. The van der Waals surface area contributed by atoms with Crippen molar-refractivity contribution in [2.24, 2.45) is 5.92 Å². The van der Waals surface area contributed by atoms with E-state index in [2.05, 4.69) is 24.5 Å². The highest BCUT2D eigenvalue weighted by atomic mass is 32.2. The summed E-state index contributed by atoms with van der Waals surface area (Å²) >= 11 is 2.87. The number of thioether (sulfide) groups is 1. The number of carbonyl (C=O) groups excluding carboxylic acids is 3. The Kier molecular flexibility index (Phi) is 8.75. The number of hydrogen-bond donors (Lipinski definition) is 2. The van der Waals surface area contributed by atoms with E-state index in [4.69, 9.17) is 4.74 Å². The summed E-state index contributed by atoms with van der Waals surface area (Å²) in [7, 11) is 1.37. The zero-order valence-corrected chi connectivity index (χ0v) is 20.4. The number of amides is 2. The van der Waals surface area contributed by atoms with Crippen LogP contribution in [-0.2, 0) is 27.2 Å². The van der Waals surface area contributed by atoms with E-state index >= 15 is 0 Å². The quantitative estimate of drug-likeness (QED) is 0.369. The number of anilines is 2. The molecular weight excluding hydrogens is 444 g/mol. The van der Waals surface area contributed by atoms with E-state index < -0.39 is 5.97 Å². The topological polar surface area (TPSA) is 84.5 Å². The molecule has 0 spiro atoms.